The van der Waals surface area contributed by atoms with Crippen LogP contribution in [0.3, 0.4) is 0 Å². The third-order valence-corrected chi connectivity index (χ3v) is 6.44. The van der Waals surface area contributed by atoms with Gasteiger partial charge in [-0.1, -0.05) is 55.8 Å². The van der Waals surface area contributed by atoms with Crippen LogP contribution in [0, 0.1) is 13.8 Å². The number of rotatable bonds is 6. The first-order valence-corrected chi connectivity index (χ1v) is 11.8. The molecular formula is C29H28N2O4. The molecule has 178 valence electrons. The Balaban J connectivity index is 1.51. The lowest BCUT2D eigenvalue weighted by Gasteiger charge is -2.16. The molecule has 6 heteroatoms. The number of ether oxygens (including phenoxy) is 2. The van der Waals surface area contributed by atoms with Crippen molar-refractivity contribution in [1.29, 1.82) is 0 Å². The van der Waals surface area contributed by atoms with Crippen LogP contribution in [0.2, 0.25) is 0 Å². The molecule has 0 aliphatic carbocycles. The van der Waals surface area contributed by atoms with Gasteiger partial charge in [-0.25, -0.2) is 0 Å². The van der Waals surface area contributed by atoms with E-state index < -0.39 is 0 Å². The van der Waals surface area contributed by atoms with Crippen molar-refractivity contribution in [3.63, 3.8) is 0 Å². The van der Waals surface area contributed by atoms with E-state index in [1.165, 1.54) is 10.5 Å². The first-order chi connectivity index (χ1) is 16.8. The van der Waals surface area contributed by atoms with Gasteiger partial charge in [0.2, 0.25) is 6.79 Å². The molecule has 3 aromatic carbocycles. The Morgan fingerprint density at radius 2 is 1.63 bits per heavy atom. The number of aryl methyl sites for hydroxylation is 2. The number of nitrogens with one attached hydrogen (secondary N) is 1. The fourth-order valence-electron chi connectivity index (χ4n) is 4.50. The lowest BCUT2D eigenvalue weighted by atomic mass is 9.97. The highest BCUT2D eigenvalue weighted by Crippen LogP contribution is 2.36. The van der Waals surface area contributed by atoms with E-state index >= 15 is 0 Å². The highest BCUT2D eigenvalue weighted by molar-refractivity contribution is 6.36. The number of benzene rings is 3. The molecular weight excluding hydrogens is 440 g/mol. The first kappa shape index (κ1) is 22.7. The zero-order chi connectivity index (χ0) is 24.7. The molecule has 2 aliphatic rings. The predicted molar refractivity (Wildman–Crippen MR) is 135 cm³/mol. The number of hydrogen-bond acceptors (Lipinski definition) is 5. The maximum Gasteiger partial charge on any atom is 0.278 e. The lowest BCUT2D eigenvalue weighted by Crippen LogP contribution is -2.32. The minimum absolute atomic E-state index is 0.139. The fourth-order valence-corrected chi connectivity index (χ4v) is 4.50. The van der Waals surface area contributed by atoms with Gasteiger partial charge in [-0.3, -0.25) is 14.5 Å². The van der Waals surface area contributed by atoms with Crippen LogP contribution < -0.4 is 14.8 Å². The summed E-state index contributed by atoms with van der Waals surface area (Å²) in [5.74, 6) is 1.01. The van der Waals surface area contributed by atoms with Crippen LogP contribution in [0.4, 0.5) is 5.69 Å². The van der Waals surface area contributed by atoms with E-state index in [2.05, 4.69) is 19.2 Å². The Labute approximate surface area is 205 Å². The van der Waals surface area contributed by atoms with Crippen molar-refractivity contribution in [1.82, 2.24) is 4.90 Å². The molecule has 0 atom stereocenters. The van der Waals surface area contributed by atoms with Crippen molar-refractivity contribution >= 4 is 23.1 Å². The summed E-state index contributed by atoms with van der Waals surface area (Å²) in [6, 6.07) is 19.3. The molecule has 0 bridgehead atoms. The molecule has 0 aromatic heterocycles. The summed E-state index contributed by atoms with van der Waals surface area (Å²) in [6.45, 7) is 8.55. The van der Waals surface area contributed by atoms with E-state index in [9.17, 15) is 9.59 Å². The van der Waals surface area contributed by atoms with Crippen molar-refractivity contribution in [2.24, 2.45) is 0 Å². The smallest absolute Gasteiger partial charge is 0.278 e. The summed E-state index contributed by atoms with van der Waals surface area (Å²) in [6.07, 6.45) is 0. The normalized spacial score (nSPS) is 14.9. The molecule has 35 heavy (non-hydrogen) atoms. The number of amides is 2. The minimum Gasteiger partial charge on any atom is -0.454 e. The standard InChI is InChI=1S/C29H28N2O4/c1-17(2)21-7-9-22(10-8-21)30-27-26(23-11-5-18(3)13-19(23)4)28(32)31(29(27)33)15-20-6-12-24-25(14-20)35-16-34-24/h5-14,17,30H,15-16H2,1-4H3. The third kappa shape index (κ3) is 4.28. The zero-order valence-corrected chi connectivity index (χ0v) is 20.3. The van der Waals surface area contributed by atoms with Gasteiger partial charge in [-0.2, -0.15) is 0 Å². The van der Waals surface area contributed by atoms with E-state index in [0.717, 1.165) is 27.9 Å². The molecule has 2 aliphatic heterocycles. The van der Waals surface area contributed by atoms with Crippen LogP contribution in [-0.2, 0) is 16.1 Å². The van der Waals surface area contributed by atoms with Gasteiger partial charge in [0.15, 0.2) is 11.5 Å². The van der Waals surface area contributed by atoms with Crippen LogP contribution in [0.25, 0.3) is 5.57 Å². The Hall–Kier alpha value is -4.06. The van der Waals surface area contributed by atoms with E-state index in [-0.39, 0.29) is 25.2 Å². The van der Waals surface area contributed by atoms with Gasteiger partial charge in [0, 0.05) is 5.69 Å². The van der Waals surface area contributed by atoms with Crippen LogP contribution in [0.5, 0.6) is 11.5 Å². The average molecular weight is 469 g/mol. The maximum absolute atomic E-state index is 13.7. The van der Waals surface area contributed by atoms with E-state index in [4.69, 9.17) is 9.47 Å². The quantitative estimate of drug-likeness (QED) is 0.481. The number of fused-ring (bicyclic) bond motifs is 1. The molecule has 3 aromatic rings. The Bertz CT molecular complexity index is 1360. The summed E-state index contributed by atoms with van der Waals surface area (Å²) < 4.78 is 10.8. The lowest BCUT2D eigenvalue weighted by molar-refractivity contribution is -0.137. The molecule has 0 spiro atoms. The SMILES string of the molecule is Cc1ccc(C2=C(Nc3ccc(C(C)C)cc3)C(=O)N(Cc3ccc4c(c3)OCO4)C2=O)c(C)c1. The second-order valence-corrected chi connectivity index (χ2v) is 9.35. The molecule has 0 fully saturated rings. The molecule has 1 N–H and O–H groups in total. The van der Waals surface area contributed by atoms with Gasteiger partial charge < -0.3 is 14.8 Å². The van der Waals surface area contributed by atoms with Crippen LogP contribution in [0.1, 0.15) is 47.6 Å². The van der Waals surface area contributed by atoms with Gasteiger partial charge >= 0.3 is 0 Å². The zero-order valence-electron chi connectivity index (χ0n) is 20.3. The molecule has 0 saturated heterocycles. The van der Waals surface area contributed by atoms with Gasteiger partial charge in [0.05, 0.1) is 12.1 Å². The molecule has 5 rings (SSSR count). The second-order valence-electron chi connectivity index (χ2n) is 9.35. The highest BCUT2D eigenvalue weighted by Gasteiger charge is 2.40. The molecule has 6 nitrogen and oxygen atoms in total. The van der Waals surface area contributed by atoms with Gasteiger partial charge in [0.25, 0.3) is 11.8 Å². The van der Waals surface area contributed by atoms with E-state index in [1.807, 2.05) is 68.4 Å². The Kier molecular flexibility index (Phi) is 5.81. The van der Waals surface area contributed by atoms with Gasteiger partial charge in [-0.05, 0) is 66.3 Å². The van der Waals surface area contributed by atoms with Crippen molar-refractivity contribution in [2.45, 2.75) is 40.2 Å². The van der Waals surface area contributed by atoms with Crippen LogP contribution in [0.15, 0.2) is 66.4 Å². The molecule has 2 amide bonds. The minimum atomic E-state index is -0.351. The number of hydrogen-bond donors (Lipinski definition) is 1. The number of carbonyl (C=O) groups excluding carboxylic acids is 2. The largest absolute Gasteiger partial charge is 0.454 e. The van der Waals surface area contributed by atoms with Crippen LogP contribution >= 0.6 is 0 Å². The van der Waals surface area contributed by atoms with E-state index in [0.29, 0.717) is 28.7 Å². The predicted octanol–water partition coefficient (Wildman–Crippen LogP) is 5.55. The number of nitrogens with zero attached hydrogens (tertiary/aromatic N) is 1. The van der Waals surface area contributed by atoms with E-state index in [1.54, 1.807) is 6.07 Å². The van der Waals surface area contributed by atoms with Crippen molar-refractivity contribution in [2.75, 3.05) is 12.1 Å². The summed E-state index contributed by atoms with van der Waals surface area (Å²) in [5, 5.41) is 3.26. The first-order valence-electron chi connectivity index (χ1n) is 11.8. The number of carbonyl (C=O) groups is 2. The third-order valence-electron chi connectivity index (χ3n) is 6.44. The fraction of sp³-hybridized carbons (Fsp3) is 0.241. The second kappa shape index (κ2) is 8.95. The highest BCUT2D eigenvalue weighted by atomic mass is 16.7. The summed E-state index contributed by atoms with van der Waals surface area (Å²) >= 11 is 0. The molecule has 0 saturated carbocycles. The summed E-state index contributed by atoms with van der Waals surface area (Å²) in [4.78, 5) is 28.6. The number of imide groups is 1. The molecule has 0 unspecified atom stereocenters. The van der Waals surface area contributed by atoms with Crippen LogP contribution in [-0.4, -0.2) is 23.5 Å². The summed E-state index contributed by atoms with van der Waals surface area (Å²) in [7, 11) is 0. The van der Waals surface area contributed by atoms with Crippen molar-refractivity contribution < 1.29 is 19.1 Å². The van der Waals surface area contributed by atoms with Gasteiger partial charge in [0.1, 0.15) is 5.70 Å². The molecule has 0 radical (unpaired) electrons. The van der Waals surface area contributed by atoms with Crippen molar-refractivity contribution in [3.8, 4) is 11.5 Å². The molecule has 2 heterocycles. The monoisotopic (exact) mass is 468 g/mol. The Morgan fingerprint density at radius 1 is 0.886 bits per heavy atom. The average Bonchev–Trinajstić information content (AvgIpc) is 3.38. The topological polar surface area (TPSA) is 67.9 Å². The maximum atomic E-state index is 13.7. The van der Waals surface area contributed by atoms with Gasteiger partial charge in [-0.15, -0.1) is 0 Å². The Morgan fingerprint density at radius 3 is 2.34 bits per heavy atom. The summed E-state index contributed by atoms with van der Waals surface area (Å²) in [5.41, 5.74) is 6.23. The van der Waals surface area contributed by atoms with Crippen molar-refractivity contribution in [3.05, 3.63) is 94.2 Å². The number of anilines is 1.